The van der Waals surface area contributed by atoms with Gasteiger partial charge >= 0.3 is 0 Å². The number of hydrogen-bond acceptors (Lipinski definition) is 3. The van der Waals surface area contributed by atoms with Crippen molar-refractivity contribution in [1.29, 1.82) is 0 Å². The topological polar surface area (TPSA) is 28.2 Å². The van der Waals surface area contributed by atoms with E-state index in [2.05, 4.69) is 43.2 Å². The summed E-state index contributed by atoms with van der Waals surface area (Å²) in [5, 5.41) is 3.35. The molecule has 3 heteroatoms. The van der Waals surface area contributed by atoms with Crippen LogP contribution in [0.25, 0.3) is 0 Å². The van der Waals surface area contributed by atoms with E-state index in [4.69, 9.17) is 4.98 Å². The first-order valence-corrected chi connectivity index (χ1v) is 7.09. The van der Waals surface area contributed by atoms with Crippen LogP contribution in [0.5, 0.6) is 0 Å². The fraction of sp³-hybridized carbons (Fsp3) is 0.667. The van der Waals surface area contributed by atoms with E-state index in [1.807, 2.05) is 0 Å². The molecule has 100 valence electrons. The minimum atomic E-state index is 0.888. The van der Waals surface area contributed by atoms with Crippen LogP contribution in [0.3, 0.4) is 0 Å². The first kappa shape index (κ1) is 13.3. The summed E-state index contributed by atoms with van der Waals surface area (Å²) in [6.45, 7) is 7.31. The van der Waals surface area contributed by atoms with Gasteiger partial charge in [-0.15, -0.1) is 0 Å². The molecule has 1 heterocycles. The van der Waals surface area contributed by atoms with Crippen LogP contribution in [0.4, 0.5) is 5.82 Å². The zero-order valence-corrected chi connectivity index (χ0v) is 11.9. The van der Waals surface area contributed by atoms with E-state index >= 15 is 0 Å². The van der Waals surface area contributed by atoms with Gasteiger partial charge in [-0.05, 0) is 43.9 Å². The first-order valence-electron chi connectivity index (χ1n) is 7.09. The Morgan fingerprint density at radius 2 is 2.17 bits per heavy atom. The molecule has 1 aromatic rings. The van der Waals surface area contributed by atoms with Crippen molar-refractivity contribution in [2.75, 3.05) is 25.0 Å². The van der Waals surface area contributed by atoms with Gasteiger partial charge in [-0.2, -0.15) is 0 Å². The van der Waals surface area contributed by atoms with Crippen molar-refractivity contribution >= 4 is 5.82 Å². The zero-order chi connectivity index (χ0) is 13.0. The standard InChI is InChI=1S/C15H25N3/c1-4-16-10-14-8-9-15(17-12(14)2)18(3)11-13-6-5-7-13/h8-9,13,16H,4-7,10-11H2,1-3H3. The molecule has 1 saturated carbocycles. The Hall–Kier alpha value is -1.09. The van der Waals surface area contributed by atoms with E-state index < -0.39 is 0 Å². The van der Waals surface area contributed by atoms with Gasteiger partial charge < -0.3 is 10.2 Å². The second kappa shape index (κ2) is 6.19. The molecule has 0 spiro atoms. The Labute approximate surface area is 111 Å². The molecule has 1 fully saturated rings. The summed E-state index contributed by atoms with van der Waals surface area (Å²) in [6.07, 6.45) is 4.19. The lowest BCUT2D eigenvalue weighted by Crippen LogP contribution is -2.30. The summed E-state index contributed by atoms with van der Waals surface area (Å²) in [4.78, 5) is 7.02. The number of pyridine rings is 1. The van der Waals surface area contributed by atoms with Crippen LogP contribution in [0.15, 0.2) is 12.1 Å². The third-order valence-corrected chi connectivity index (χ3v) is 3.89. The molecule has 2 rings (SSSR count). The molecule has 1 aliphatic carbocycles. The van der Waals surface area contributed by atoms with Crippen molar-refractivity contribution in [3.8, 4) is 0 Å². The smallest absolute Gasteiger partial charge is 0.128 e. The number of anilines is 1. The van der Waals surface area contributed by atoms with Crippen molar-refractivity contribution in [2.24, 2.45) is 5.92 Å². The molecule has 1 N–H and O–H groups in total. The van der Waals surface area contributed by atoms with Gasteiger partial charge in [0.1, 0.15) is 5.82 Å². The highest BCUT2D eigenvalue weighted by molar-refractivity contribution is 5.41. The maximum atomic E-state index is 4.72. The maximum Gasteiger partial charge on any atom is 0.128 e. The number of rotatable bonds is 6. The monoisotopic (exact) mass is 247 g/mol. The average molecular weight is 247 g/mol. The fourth-order valence-corrected chi connectivity index (χ4v) is 2.39. The van der Waals surface area contributed by atoms with Crippen LogP contribution in [0.2, 0.25) is 0 Å². The number of aromatic nitrogens is 1. The molecular formula is C15H25N3. The highest BCUT2D eigenvalue weighted by Crippen LogP contribution is 2.28. The van der Waals surface area contributed by atoms with Crippen LogP contribution in [-0.2, 0) is 6.54 Å². The summed E-state index contributed by atoms with van der Waals surface area (Å²) >= 11 is 0. The van der Waals surface area contributed by atoms with Crippen molar-refractivity contribution in [3.63, 3.8) is 0 Å². The molecule has 0 saturated heterocycles. The molecule has 0 unspecified atom stereocenters. The van der Waals surface area contributed by atoms with E-state index in [-0.39, 0.29) is 0 Å². The summed E-state index contributed by atoms with van der Waals surface area (Å²) in [5.41, 5.74) is 2.45. The van der Waals surface area contributed by atoms with Crippen LogP contribution < -0.4 is 10.2 Å². The third kappa shape index (κ3) is 3.22. The number of nitrogens with zero attached hydrogens (tertiary/aromatic N) is 2. The van der Waals surface area contributed by atoms with Crippen LogP contribution in [0, 0.1) is 12.8 Å². The second-order valence-electron chi connectivity index (χ2n) is 5.37. The van der Waals surface area contributed by atoms with Gasteiger partial charge in [0.2, 0.25) is 0 Å². The molecule has 18 heavy (non-hydrogen) atoms. The van der Waals surface area contributed by atoms with Crippen LogP contribution in [-0.4, -0.2) is 25.1 Å². The van der Waals surface area contributed by atoms with Gasteiger partial charge in [0.15, 0.2) is 0 Å². The van der Waals surface area contributed by atoms with Gasteiger partial charge in [0.25, 0.3) is 0 Å². The van der Waals surface area contributed by atoms with Gasteiger partial charge in [-0.1, -0.05) is 19.4 Å². The Bertz CT molecular complexity index is 385. The molecule has 0 radical (unpaired) electrons. The van der Waals surface area contributed by atoms with Crippen LogP contribution >= 0.6 is 0 Å². The Morgan fingerprint density at radius 3 is 2.72 bits per heavy atom. The molecule has 0 aliphatic heterocycles. The summed E-state index contributed by atoms with van der Waals surface area (Å²) in [6, 6.07) is 4.36. The first-order chi connectivity index (χ1) is 8.70. The molecule has 0 amide bonds. The van der Waals surface area contributed by atoms with E-state index in [1.165, 1.54) is 24.8 Å². The third-order valence-electron chi connectivity index (χ3n) is 3.89. The molecule has 0 atom stereocenters. The minimum absolute atomic E-state index is 0.888. The maximum absolute atomic E-state index is 4.72. The fourth-order valence-electron chi connectivity index (χ4n) is 2.39. The van der Waals surface area contributed by atoms with E-state index in [0.29, 0.717) is 0 Å². The largest absolute Gasteiger partial charge is 0.359 e. The molecule has 3 nitrogen and oxygen atoms in total. The van der Waals surface area contributed by atoms with E-state index in [1.54, 1.807) is 0 Å². The summed E-state index contributed by atoms with van der Waals surface area (Å²) in [5.74, 6) is 2.00. The summed E-state index contributed by atoms with van der Waals surface area (Å²) < 4.78 is 0. The molecule has 1 aliphatic rings. The average Bonchev–Trinajstić information content (AvgIpc) is 2.32. The van der Waals surface area contributed by atoms with Gasteiger partial charge in [-0.3, -0.25) is 0 Å². The molecular weight excluding hydrogens is 222 g/mol. The predicted molar refractivity (Wildman–Crippen MR) is 77.0 cm³/mol. The SMILES string of the molecule is CCNCc1ccc(N(C)CC2CCC2)nc1C. The number of nitrogens with one attached hydrogen (secondary N) is 1. The molecule has 1 aromatic heterocycles. The van der Waals surface area contributed by atoms with Crippen molar-refractivity contribution < 1.29 is 0 Å². The van der Waals surface area contributed by atoms with Crippen molar-refractivity contribution in [1.82, 2.24) is 10.3 Å². The normalized spacial score (nSPS) is 15.5. The van der Waals surface area contributed by atoms with Gasteiger partial charge in [0.05, 0.1) is 0 Å². The second-order valence-corrected chi connectivity index (χ2v) is 5.37. The van der Waals surface area contributed by atoms with E-state index in [0.717, 1.165) is 37.1 Å². The number of hydrogen-bond donors (Lipinski definition) is 1. The highest BCUT2D eigenvalue weighted by Gasteiger charge is 2.19. The summed E-state index contributed by atoms with van der Waals surface area (Å²) in [7, 11) is 2.16. The van der Waals surface area contributed by atoms with Gasteiger partial charge in [-0.25, -0.2) is 4.98 Å². The lowest BCUT2D eigenvalue weighted by molar-refractivity contribution is 0.321. The van der Waals surface area contributed by atoms with Crippen LogP contribution in [0.1, 0.15) is 37.4 Å². The zero-order valence-electron chi connectivity index (χ0n) is 11.9. The number of aryl methyl sites for hydroxylation is 1. The molecule has 0 bridgehead atoms. The quantitative estimate of drug-likeness (QED) is 0.838. The highest BCUT2D eigenvalue weighted by atomic mass is 15.2. The minimum Gasteiger partial charge on any atom is -0.359 e. The Morgan fingerprint density at radius 1 is 1.39 bits per heavy atom. The molecule has 0 aromatic carbocycles. The lowest BCUT2D eigenvalue weighted by atomic mass is 9.85. The predicted octanol–water partition coefficient (Wildman–Crippen LogP) is 2.74. The Kier molecular flexibility index (Phi) is 4.59. The van der Waals surface area contributed by atoms with E-state index in [9.17, 15) is 0 Å². The van der Waals surface area contributed by atoms with Gasteiger partial charge in [0, 0.05) is 25.8 Å². The lowest BCUT2D eigenvalue weighted by Gasteiger charge is -2.30. The Balaban J connectivity index is 1.97. The van der Waals surface area contributed by atoms with Crippen molar-refractivity contribution in [2.45, 2.75) is 39.7 Å². The van der Waals surface area contributed by atoms with Crippen molar-refractivity contribution in [3.05, 3.63) is 23.4 Å².